The van der Waals surface area contributed by atoms with Crippen LogP contribution in [-0.4, -0.2) is 42.2 Å². The normalized spacial score (nSPS) is 19.9. The van der Waals surface area contributed by atoms with Gasteiger partial charge in [0.05, 0.1) is 17.3 Å². The van der Waals surface area contributed by atoms with Gasteiger partial charge in [-0.25, -0.2) is 13.4 Å². The van der Waals surface area contributed by atoms with Crippen LogP contribution in [0.25, 0.3) is 10.9 Å². The Labute approximate surface area is 131 Å². The maximum atomic E-state index is 12.2. The summed E-state index contributed by atoms with van der Waals surface area (Å²) in [5, 5.41) is 0.662. The highest BCUT2D eigenvalue weighted by Gasteiger charge is 2.34. The van der Waals surface area contributed by atoms with Gasteiger partial charge >= 0.3 is 0 Å². The van der Waals surface area contributed by atoms with Crippen molar-refractivity contribution < 1.29 is 13.2 Å². The predicted molar refractivity (Wildman–Crippen MR) is 86.4 cm³/mol. The average molecular weight is 320 g/mol. The van der Waals surface area contributed by atoms with Crippen LogP contribution in [0, 0.1) is 0 Å². The number of fused-ring (bicyclic) bond motifs is 1. The Morgan fingerprint density at radius 2 is 2.00 bits per heavy atom. The molecule has 1 aliphatic heterocycles. The molecule has 3 rings (SSSR count). The largest absolute Gasteiger partial charge is 0.473 e. The number of nitrogens with zero attached hydrogens (tertiary/aromatic N) is 2. The fourth-order valence-corrected chi connectivity index (χ4v) is 3.94. The van der Waals surface area contributed by atoms with E-state index in [0.717, 1.165) is 10.9 Å². The van der Waals surface area contributed by atoms with Gasteiger partial charge in [0.2, 0.25) is 15.9 Å². The number of hydrogen-bond acceptors (Lipinski definition) is 4. The van der Waals surface area contributed by atoms with Crippen LogP contribution in [0.15, 0.2) is 36.4 Å². The van der Waals surface area contributed by atoms with Crippen molar-refractivity contribution in [3.05, 3.63) is 36.4 Å². The average Bonchev–Trinajstić information content (AvgIpc) is 2.96. The summed E-state index contributed by atoms with van der Waals surface area (Å²) in [6, 6.07) is 11.6. The molecule has 5 nitrogen and oxygen atoms in total. The van der Waals surface area contributed by atoms with Gasteiger partial charge in [-0.3, -0.25) is 0 Å². The summed E-state index contributed by atoms with van der Waals surface area (Å²) in [6.07, 6.45) is 0.558. The van der Waals surface area contributed by atoms with Gasteiger partial charge in [0, 0.05) is 18.0 Å². The molecular formula is C16H20N2O3S. The zero-order chi connectivity index (χ0) is 15.7. The standard InChI is InChI=1S/C16H20N2O3S/c1-12(2)22(19,20)18-10-9-14(11-18)21-16-8-7-13-5-3-4-6-15(13)17-16/h3-8,12,14H,9-11H2,1-2H3. The number of para-hydroxylation sites is 1. The summed E-state index contributed by atoms with van der Waals surface area (Å²) in [4.78, 5) is 4.47. The zero-order valence-electron chi connectivity index (χ0n) is 12.8. The van der Waals surface area contributed by atoms with Crippen molar-refractivity contribution in [3.8, 4) is 5.88 Å². The smallest absolute Gasteiger partial charge is 0.216 e. The molecule has 0 spiro atoms. The molecule has 0 N–H and O–H groups in total. The number of hydrogen-bond donors (Lipinski definition) is 0. The van der Waals surface area contributed by atoms with Crippen LogP contribution >= 0.6 is 0 Å². The molecule has 0 saturated carbocycles. The first-order valence-corrected chi connectivity index (χ1v) is 8.98. The van der Waals surface area contributed by atoms with Gasteiger partial charge in [-0.15, -0.1) is 0 Å². The number of ether oxygens (including phenoxy) is 1. The maximum absolute atomic E-state index is 12.2. The first-order chi connectivity index (χ1) is 10.5. The van der Waals surface area contributed by atoms with Crippen molar-refractivity contribution in [3.63, 3.8) is 0 Å². The van der Waals surface area contributed by atoms with Crippen LogP contribution in [0.4, 0.5) is 0 Å². The quantitative estimate of drug-likeness (QED) is 0.868. The third-order valence-electron chi connectivity index (χ3n) is 3.92. The van der Waals surface area contributed by atoms with E-state index in [4.69, 9.17) is 4.74 Å². The number of benzene rings is 1. The Morgan fingerprint density at radius 1 is 1.23 bits per heavy atom. The molecule has 6 heteroatoms. The highest BCUT2D eigenvalue weighted by atomic mass is 32.2. The molecule has 1 saturated heterocycles. The fourth-order valence-electron chi connectivity index (χ4n) is 2.61. The molecule has 1 aromatic carbocycles. The highest BCUT2D eigenvalue weighted by Crippen LogP contribution is 2.22. The fraction of sp³-hybridized carbons (Fsp3) is 0.438. The van der Waals surface area contributed by atoms with Crippen LogP contribution in [-0.2, 0) is 10.0 Å². The van der Waals surface area contributed by atoms with Gasteiger partial charge in [0.1, 0.15) is 6.10 Å². The van der Waals surface area contributed by atoms with Crippen LogP contribution < -0.4 is 4.74 Å². The Balaban J connectivity index is 1.71. The summed E-state index contributed by atoms with van der Waals surface area (Å²) in [5.41, 5.74) is 0.879. The predicted octanol–water partition coefficient (Wildman–Crippen LogP) is 2.43. The van der Waals surface area contributed by atoms with Crippen molar-refractivity contribution in [1.29, 1.82) is 0 Å². The first kappa shape index (κ1) is 15.2. The lowest BCUT2D eigenvalue weighted by Gasteiger charge is -2.19. The van der Waals surface area contributed by atoms with E-state index in [-0.39, 0.29) is 6.10 Å². The molecule has 2 heterocycles. The second-order valence-electron chi connectivity index (χ2n) is 5.82. The summed E-state index contributed by atoms with van der Waals surface area (Å²) < 4.78 is 31.7. The second kappa shape index (κ2) is 5.85. The number of rotatable bonds is 4. The third kappa shape index (κ3) is 2.94. The molecule has 0 aliphatic carbocycles. The second-order valence-corrected chi connectivity index (χ2v) is 8.31. The number of pyridine rings is 1. The van der Waals surface area contributed by atoms with Crippen LogP contribution in [0.1, 0.15) is 20.3 Å². The van der Waals surface area contributed by atoms with E-state index in [1.54, 1.807) is 13.8 Å². The van der Waals surface area contributed by atoms with Crippen LogP contribution in [0.5, 0.6) is 5.88 Å². The van der Waals surface area contributed by atoms with Crippen molar-refractivity contribution in [2.24, 2.45) is 0 Å². The minimum Gasteiger partial charge on any atom is -0.473 e. The Kier molecular flexibility index (Phi) is 4.06. The summed E-state index contributed by atoms with van der Waals surface area (Å²) in [5.74, 6) is 0.549. The van der Waals surface area contributed by atoms with E-state index in [0.29, 0.717) is 25.4 Å². The van der Waals surface area contributed by atoms with Gasteiger partial charge in [-0.1, -0.05) is 18.2 Å². The summed E-state index contributed by atoms with van der Waals surface area (Å²) in [6.45, 7) is 4.32. The van der Waals surface area contributed by atoms with E-state index in [2.05, 4.69) is 4.98 Å². The molecule has 0 radical (unpaired) electrons. The van der Waals surface area contributed by atoms with Gasteiger partial charge in [0.25, 0.3) is 0 Å². The van der Waals surface area contributed by atoms with Crippen molar-refractivity contribution in [2.75, 3.05) is 13.1 Å². The van der Waals surface area contributed by atoms with Crippen LogP contribution in [0.3, 0.4) is 0 Å². The van der Waals surface area contributed by atoms with Gasteiger partial charge in [0.15, 0.2) is 0 Å². The monoisotopic (exact) mass is 320 g/mol. The SMILES string of the molecule is CC(C)S(=O)(=O)N1CCC(Oc2ccc3ccccc3n2)C1. The lowest BCUT2D eigenvalue weighted by atomic mass is 10.2. The van der Waals surface area contributed by atoms with E-state index < -0.39 is 15.3 Å². The molecule has 22 heavy (non-hydrogen) atoms. The van der Waals surface area contributed by atoms with Gasteiger partial charge in [-0.2, -0.15) is 4.31 Å². The van der Waals surface area contributed by atoms with Crippen LogP contribution in [0.2, 0.25) is 0 Å². The number of aromatic nitrogens is 1. The molecule has 1 fully saturated rings. The lowest BCUT2D eigenvalue weighted by molar-refractivity contribution is 0.207. The molecular weight excluding hydrogens is 300 g/mol. The summed E-state index contributed by atoms with van der Waals surface area (Å²) >= 11 is 0. The molecule has 118 valence electrons. The Hall–Kier alpha value is -1.66. The molecule has 1 unspecified atom stereocenters. The lowest BCUT2D eigenvalue weighted by Crippen LogP contribution is -2.35. The van der Waals surface area contributed by atoms with E-state index in [1.165, 1.54) is 4.31 Å². The highest BCUT2D eigenvalue weighted by molar-refractivity contribution is 7.89. The van der Waals surface area contributed by atoms with Crippen molar-refractivity contribution >= 4 is 20.9 Å². The van der Waals surface area contributed by atoms with E-state index in [9.17, 15) is 8.42 Å². The van der Waals surface area contributed by atoms with Crippen molar-refractivity contribution in [2.45, 2.75) is 31.6 Å². The van der Waals surface area contributed by atoms with E-state index >= 15 is 0 Å². The summed E-state index contributed by atoms with van der Waals surface area (Å²) in [7, 11) is -3.20. The molecule has 0 amide bonds. The van der Waals surface area contributed by atoms with Crippen molar-refractivity contribution in [1.82, 2.24) is 9.29 Å². The molecule has 1 aromatic heterocycles. The van der Waals surface area contributed by atoms with Gasteiger partial charge in [-0.05, 0) is 32.4 Å². The Bertz CT molecular complexity index is 774. The zero-order valence-corrected chi connectivity index (χ0v) is 13.6. The van der Waals surface area contributed by atoms with Gasteiger partial charge < -0.3 is 4.74 Å². The number of sulfonamides is 1. The molecule has 1 atom stereocenters. The maximum Gasteiger partial charge on any atom is 0.216 e. The minimum atomic E-state index is -3.20. The Morgan fingerprint density at radius 3 is 2.77 bits per heavy atom. The molecule has 0 bridgehead atoms. The minimum absolute atomic E-state index is 0.137. The van der Waals surface area contributed by atoms with E-state index in [1.807, 2.05) is 36.4 Å². The topological polar surface area (TPSA) is 59.5 Å². The first-order valence-electron chi connectivity index (χ1n) is 7.48. The molecule has 2 aromatic rings. The molecule has 1 aliphatic rings. The third-order valence-corrected chi connectivity index (χ3v) is 6.17.